The Morgan fingerprint density at radius 1 is 1.47 bits per heavy atom. The molecule has 0 spiro atoms. The summed E-state index contributed by atoms with van der Waals surface area (Å²) in [5.41, 5.74) is 2.90. The summed E-state index contributed by atoms with van der Waals surface area (Å²) in [5.74, 6) is 0.667. The van der Waals surface area contributed by atoms with Crippen molar-refractivity contribution < 1.29 is 0 Å². The molecule has 0 N–H and O–H groups in total. The molecule has 1 aliphatic carbocycles. The molecule has 0 aromatic heterocycles. The molecular formula is C19H28. The molecule has 0 amide bonds. The van der Waals surface area contributed by atoms with Gasteiger partial charge in [-0.1, -0.05) is 76.0 Å². The molecule has 19 heavy (non-hydrogen) atoms. The van der Waals surface area contributed by atoms with Crippen LogP contribution in [-0.4, -0.2) is 0 Å². The lowest BCUT2D eigenvalue weighted by Gasteiger charge is -2.39. The Morgan fingerprint density at radius 3 is 2.68 bits per heavy atom. The van der Waals surface area contributed by atoms with E-state index in [1.807, 2.05) is 12.2 Å². The van der Waals surface area contributed by atoms with E-state index in [-0.39, 0.29) is 5.41 Å². The van der Waals surface area contributed by atoms with Crippen molar-refractivity contribution in [3.63, 3.8) is 0 Å². The Bertz CT molecular complexity index is 404. The van der Waals surface area contributed by atoms with Crippen LogP contribution in [0.4, 0.5) is 0 Å². The number of rotatable bonds is 7. The van der Waals surface area contributed by atoms with E-state index in [0.29, 0.717) is 5.92 Å². The second-order valence-corrected chi connectivity index (χ2v) is 5.81. The first-order valence-electron chi connectivity index (χ1n) is 7.41. The number of hydrogen-bond acceptors (Lipinski definition) is 0. The van der Waals surface area contributed by atoms with Gasteiger partial charge in [-0.05, 0) is 37.2 Å². The molecular weight excluding hydrogens is 228 g/mol. The molecule has 104 valence electrons. The van der Waals surface area contributed by atoms with Gasteiger partial charge in [-0.15, -0.1) is 0 Å². The van der Waals surface area contributed by atoms with E-state index in [0.717, 1.165) is 19.3 Å². The Kier molecular flexibility index (Phi) is 6.08. The van der Waals surface area contributed by atoms with Crippen molar-refractivity contribution in [2.45, 2.75) is 46.5 Å². The van der Waals surface area contributed by atoms with Crippen LogP contribution >= 0.6 is 0 Å². The van der Waals surface area contributed by atoms with Crippen molar-refractivity contribution in [3.05, 3.63) is 60.8 Å². The lowest BCUT2D eigenvalue weighted by Crippen LogP contribution is -2.27. The average molecular weight is 256 g/mol. The Balaban J connectivity index is 3.16. The lowest BCUT2D eigenvalue weighted by molar-refractivity contribution is 0.323. The third kappa shape index (κ3) is 3.83. The lowest BCUT2D eigenvalue weighted by atomic mass is 9.65. The molecule has 1 atom stereocenters. The molecule has 0 bridgehead atoms. The highest BCUT2D eigenvalue weighted by Crippen LogP contribution is 2.47. The molecule has 0 saturated heterocycles. The summed E-state index contributed by atoms with van der Waals surface area (Å²) in [4.78, 5) is 0. The van der Waals surface area contributed by atoms with Gasteiger partial charge < -0.3 is 0 Å². The first-order valence-corrected chi connectivity index (χ1v) is 7.41. The largest absolute Gasteiger partial charge is 0.0991 e. The second-order valence-electron chi connectivity index (χ2n) is 5.81. The zero-order valence-corrected chi connectivity index (χ0v) is 12.8. The Labute approximate surface area is 119 Å². The van der Waals surface area contributed by atoms with Gasteiger partial charge in [-0.25, -0.2) is 0 Å². The van der Waals surface area contributed by atoms with Gasteiger partial charge in [0, 0.05) is 5.41 Å². The monoisotopic (exact) mass is 256 g/mol. The summed E-state index contributed by atoms with van der Waals surface area (Å²) in [5, 5.41) is 0. The van der Waals surface area contributed by atoms with Crippen LogP contribution in [0.5, 0.6) is 0 Å². The number of allylic oxidation sites excluding steroid dienone is 8. The van der Waals surface area contributed by atoms with Crippen LogP contribution in [0.2, 0.25) is 0 Å². The van der Waals surface area contributed by atoms with Crippen LogP contribution in [0, 0.1) is 11.3 Å². The van der Waals surface area contributed by atoms with Gasteiger partial charge in [-0.3, -0.25) is 0 Å². The molecule has 0 aromatic rings. The van der Waals surface area contributed by atoms with Gasteiger partial charge in [0.1, 0.15) is 0 Å². The van der Waals surface area contributed by atoms with Crippen molar-refractivity contribution in [1.82, 2.24) is 0 Å². The average Bonchev–Trinajstić information content (AvgIpc) is 2.42. The third-order valence-corrected chi connectivity index (χ3v) is 4.04. The molecule has 0 aromatic carbocycles. The standard InChI is InChI=1S/C19H28/c1-6-8-12-17(5)19(7-2,15-16(3)4)18-13-10-9-11-14-18/h6,8-10,12-13,16H,1,5,7,11,14-15H2,2-4H3/b12-8-. The summed E-state index contributed by atoms with van der Waals surface area (Å²) in [6.07, 6.45) is 17.3. The Morgan fingerprint density at radius 2 is 2.21 bits per heavy atom. The molecule has 0 saturated carbocycles. The summed E-state index contributed by atoms with van der Waals surface area (Å²) >= 11 is 0. The van der Waals surface area contributed by atoms with Crippen LogP contribution in [0.3, 0.4) is 0 Å². The minimum Gasteiger partial charge on any atom is -0.0991 e. The molecule has 0 nitrogen and oxygen atoms in total. The normalized spacial score (nSPS) is 18.4. The quantitative estimate of drug-likeness (QED) is 0.490. The highest BCUT2D eigenvalue weighted by Gasteiger charge is 2.34. The summed E-state index contributed by atoms with van der Waals surface area (Å²) < 4.78 is 0. The van der Waals surface area contributed by atoms with Gasteiger partial charge in [0.15, 0.2) is 0 Å². The Hall–Kier alpha value is -1.30. The predicted octanol–water partition coefficient (Wildman–Crippen LogP) is 6.00. The molecule has 0 radical (unpaired) electrons. The minimum atomic E-state index is 0.123. The van der Waals surface area contributed by atoms with Crippen LogP contribution in [0.1, 0.15) is 46.5 Å². The molecule has 0 heterocycles. The van der Waals surface area contributed by atoms with Gasteiger partial charge in [0.25, 0.3) is 0 Å². The van der Waals surface area contributed by atoms with E-state index < -0.39 is 0 Å². The van der Waals surface area contributed by atoms with Crippen LogP contribution < -0.4 is 0 Å². The van der Waals surface area contributed by atoms with Crippen molar-refractivity contribution in [1.29, 1.82) is 0 Å². The smallest absolute Gasteiger partial charge is 0.0159 e. The SMILES string of the molecule is C=C/C=C\C(=C)C(CC)(CC(C)C)C1=CC=CCC1. The van der Waals surface area contributed by atoms with Gasteiger partial charge in [0.05, 0.1) is 0 Å². The van der Waals surface area contributed by atoms with Crippen LogP contribution in [-0.2, 0) is 0 Å². The van der Waals surface area contributed by atoms with Gasteiger partial charge >= 0.3 is 0 Å². The first kappa shape index (κ1) is 15.8. The van der Waals surface area contributed by atoms with Gasteiger partial charge in [-0.2, -0.15) is 0 Å². The van der Waals surface area contributed by atoms with Crippen molar-refractivity contribution in [2.24, 2.45) is 11.3 Å². The second kappa shape index (κ2) is 7.33. The van der Waals surface area contributed by atoms with E-state index in [4.69, 9.17) is 0 Å². The summed E-state index contributed by atoms with van der Waals surface area (Å²) in [6, 6.07) is 0. The maximum atomic E-state index is 4.36. The molecule has 1 unspecified atom stereocenters. The molecule has 0 heteroatoms. The van der Waals surface area contributed by atoms with Crippen molar-refractivity contribution in [2.75, 3.05) is 0 Å². The fourth-order valence-electron chi connectivity index (χ4n) is 3.11. The van der Waals surface area contributed by atoms with Crippen molar-refractivity contribution >= 4 is 0 Å². The molecule has 0 fully saturated rings. The minimum absolute atomic E-state index is 0.123. The van der Waals surface area contributed by atoms with Gasteiger partial charge in [0.2, 0.25) is 0 Å². The predicted molar refractivity (Wildman–Crippen MR) is 87.1 cm³/mol. The van der Waals surface area contributed by atoms with Crippen molar-refractivity contribution in [3.8, 4) is 0 Å². The zero-order valence-electron chi connectivity index (χ0n) is 12.8. The maximum absolute atomic E-state index is 4.36. The number of hydrogen-bond donors (Lipinski definition) is 0. The van der Waals surface area contributed by atoms with E-state index in [1.54, 1.807) is 5.57 Å². The third-order valence-electron chi connectivity index (χ3n) is 4.04. The fourth-order valence-corrected chi connectivity index (χ4v) is 3.11. The highest BCUT2D eigenvalue weighted by molar-refractivity contribution is 5.38. The van der Waals surface area contributed by atoms with E-state index in [9.17, 15) is 0 Å². The summed E-state index contributed by atoms with van der Waals surface area (Å²) in [6.45, 7) is 15.0. The zero-order chi connectivity index (χ0) is 14.3. The summed E-state index contributed by atoms with van der Waals surface area (Å²) in [7, 11) is 0. The van der Waals surface area contributed by atoms with E-state index in [2.05, 4.69) is 58.2 Å². The first-order chi connectivity index (χ1) is 9.06. The topological polar surface area (TPSA) is 0 Å². The molecule has 0 aliphatic heterocycles. The van der Waals surface area contributed by atoms with E-state index >= 15 is 0 Å². The molecule has 1 rings (SSSR count). The maximum Gasteiger partial charge on any atom is 0.0159 e. The van der Waals surface area contributed by atoms with Crippen LogP contribution in [0.25, 0.3) is 0 Å². The molecule has 1 aliphatic rings. The van der Waals surface area contributed by atoms with E-state index in [1.165, 1.54) is 12.0 Å². The highest BCUT2D eigenvalue weighted by atomic mass is 14.4. The van der Waals surface area contributed by atoms with Crippen LogP contribution in [0.15, 0.2) is 60.8 Å². The fraction of sp³-hybridized carbons (Fsp3) is 0.474.